The average molecular weight is 473 g/mol. The van der Waals surface area contributed by atoms with Gasteiger partial charge in [0.05, 0.1) is 0 Å². The van der Waals surface area contributed by atoms with E-state index in [1.807, 2.05) is 119 Å². The molecule has 4 nitrogen and oxygen atoms in total. The van der Waals surface area contributed by atoms with Gasteiger partial charge in [-0.25, -0.2) is 0 Å². The van der Waals surface area contributed by atoms with Crippen molar-refractivity contribution >= 4 is 23.2 Å². The molecule has 0 aliphatic carbocycles. The average Bonchev–Trinajstić information content (AvgIpc) is 2.94. The number of carbonyl (C=O) groups excluding carboxylic acids is 2. The fourth-order valence-corrected chi connectivity index (χ4v) is 6.13. The molecule has 3 aliphatic heterocycles. The molecule has 3 heterocycles. The van der Waals surface area contributed by atoms with Crippen LogP contribution in [0, 0.1) is 0 Å². The van der Waals surface area contributed by atoms with Crippen LogP contribution in [0.15, 0.2) is 115 Å². The molecular formula is C32H28N2O2. The maximum absolute atomic E-state index is 14.8. The topological polar surface area (TPSA) is 40.6 Å². The van der Waals surface area contributed by atoms with Crippen LogP contribution in [-0.2, 0) is 20.7 Å². The second-order valence-electron chi connectivity index (χ2n) is 9.54. The van der Waals surface area contributed by atoms with Gasteiger partial charge in [0.15, 0.2) is 11.1 Å². The number of benzene rings is 4. The summed E-state index contributed by atoms with van der Waals surface area (Å²) in [4.78, 5) is 33.4. The van der Waals surface area contributed by atoms with Crippen molar-refractivity contribution in [1.29, 1.82) is 0 Å². The smallest absolute Gasteiger partial charge is 0.249 e. The van der Waals surface area contributed by atoms with E-state index in [9.17, 15) is 9.59 Å². The van der Waals surface area contributed by atoms with Crippen molar-refractivity contribution in [2.45, 2.75) is 37.3 Å². The maximum Gasteiger partial charge on any atom is 0.249 e. The Hall–Kier alpha value is -4.18. The molecule has 0 unspecified atom stereocenters. The minimum Gasteiger partial charge on any atom is -0.279 e. The Bertz CT molecular complexity index is 1360. The minimum absolute atomic E-state index is 0.151. The van der Waals surface area contributed by atoms with E-state index >= 15 is 0 Å². The van der Waals surface area contributed by atoms with Crippen LogP contribution in [0.25, 0.3) is 0 Å². The third-order valence-electron chi connectivity index (χ3n) is 7.66. The van der Waals surface area contributed by atoms with Crippen LogP contribution in [0.3, 0.4) is 0 Å². The van der Waals surface area contributed by atoms with E-state index in [-0.39, 0.29) is 11.8 Å². The maximum atomic E-state index is 14.8. The van der Waals surface area contributed by atoms with Gasteiger partial charge in [-0.1, -0.05) is 111 Å². The third-order valence-corrected chi connectivity index (χ3v) is 7.66. The molecule has 4 aromatic rings. The number of unbranched alkanes of at least 4 members (excludes halogenated alkanes) is 1. The van der Waals surface area contributed by atoms with Gasteiger partial charge in [-0.3, -0.25) is 19.4 Å². The summed E-state index contributed by atoms with van der Waals surface area (Å²) in [5.74, 6) is -0.302. The lowest BCUT2D eigenvalue weighted by Crippen LogP contribution is -2.79. The lowest BCUT2D eigenvalue weighted by Gasteiger charge is -2.63. The van der Waals surface area contributed by atoms with Crippen molar-refractivity contribution in [2.24, 2.45) is 0 Å². The Morgan fingerprint density at radius 1 is 0.583 bits per heavy atom. The summed E-state index contributed by atoms with van der Waals surface area (Å²) in [5.41, 5.74) is 1.77. The highest BCUT2D eigenvalue weighted by Gasteiger charge is 2.71. The van der Waals surface area contributed by atoms with Crippen LogP contribution >= 0.6 is 0 Å². The minimum atomic E-state index is -1.28. The molecule has 4 aromatic carbocycles. The first-order valence-electron chi connectivity index (χ1n) is 12.6. The Morgan fingerprint density at radius 3 is 1.53 bits per heavy atom. The Balaban J connectivity index is 1.80. The highest BCUT2D eigenvalue weighted by molar-refractivity contribution is 6.28. The number of hydrogen-bond donors (Lipinski definition) is 0. The summed E-state index contributed by atoms with van der Waals surface area (Å²) in [6.45, 7) is 2.10. The molecule has 0 atom stereocenters. The molecule has 0 N–H and O–H groups in total. The van der Waals surface area contributed by atoms with Crippen LogP contribution in [0.2, 0.25) is 0 Å². The zero-order valence-electron chi connectivity index (χ0n) is 20.3. The SMILES string of the molecule is CCCCC12C(=O)N(c3ccccc3)C(c3ccccc3)(c3ccccc31)N(c1ccccc1)C2=O. The first kappa shape index (κ1) is 22.3. The fourth-order valence-electron chi connectivity index (χ4n) is 6.13. The van der Waals surface area contributed by atoms with Gasteiger partial charge in [-0.15, -0.1) is 0 Å². The summed E-state index contributed by atoms with van der Waals surface area (Å²) < 4.78 is 0. The molecule has 4 heteroatoms. The van der Waals surface area contributed by atoms with Gasteiger partial charge in [-0.2, -0.15) is 0 Å². The van der Waals surface area contributed by atoms with Gasteiger partial charge in [-0.05, 0) is 36.2 Å². The monoisotopic (exact) mass is 472 g/mol. The Morgan fingerprint density at radius 2 is 1.03 bits per heavy atom. The van der Waals surface area contributed by atoms with E-state index in [1.165, 1.54) is 0 Å². The number of amides is 2. The summed E-state index contributed by atoms with van der Waals surface area (Å²) in [6.07, 6.45) is 2.14. The molecule has 1 fully saturated rings. The standard InChI is InChI=1S/C32H28N2O2/c1-2-3-23-31-27-21-13-14-22-28(27)32(24-15-7-4-8-16-24,33(29(31)35)25-17-9-5-10-18-25)34(30(31)36)26-19-11-6-12-20-26/h4-22H,2-3,23H2,1H3. The van der Waals surface area contributed by atoms with Crippen LogP contribution in [0.1, 0.15) is 42.9 Å². The van der Waals surface area contributed by atoms with Gasteiger partial charge in [0.25, 0.3) is 0 Å². The van der Waals surface area contributed by atoms with Crippen LogP contribution in [0.4, 0.5) is 11.4 Å². The highest BCUT2D eigenvalue weighted by atomic mass is 16.2. The number of hydrogen-bond acceptors (Lipinski definition) is 2. The summed E-state index contributed by atoms with van der Waals surface area (Å²) >= 11 is 0. The van der Waals surface area contributed by atoms with Crippen molar-refractivity contribution < 1.29 is 9.59 Å². The molecule has 2 bridgehead atoms. The van der Waals surface area contributed by atoms with Crippen LogP contribution in [0.5, 0.6) is 0 Å². The Kier molecular flexibility index (Phi) is 5.26. The highest BCUT2D eigenvalue weighted by Crippen LogP contribution is 2.59. The molecule has 1 saturated heterocycles. The number of rotatable bonds is 6. The number of fused-ring (bicyclic) bond motifs is 2. The fraction of sp³-hybridized carbons (Fsp3) is 0.188. The molecule has 0 spiro atoms. The number of carbonyl (C=O) groups is 2. The molecule has 2 amide bonds. The number of para-hydroxylation sites is 2. The van der Waals surface area contributed by atoms with Crippen molar-refractivity contribution in [1.82, 2.24) is 0 Å². The number of anilines is 2. The normalized spacial score (nSPS) is 22.6. The van der Waals surface area contributed by atoms with E-state index in [0.29, 0.717) is 6.42 Å². The van der Waals surface area contributed by atoms with Crippen molar-refractivity contribution in [2.75, 3.05) is 9.80 Å². The van der Waals surface area contributed by atoms with Crippen molar-refractivity contribution in [3.05, 3.63) is 132 Å². The van der Waals surface area contributed by atoms with Crippen LogP contribution < -0.4 is 9.80 Å². The summed E-state index contributed by atoms with van der Waals surface area (Å²) in [6, 6.07) is 37.6. The number of nitrogens with zero attached hydrogens (tertiary/aromatic N) is 2. The Labute approximate surface area is 211 Å². The summed E-state index contributed by atoms with van der Waals surface area (Å²) in [5, 5.41) is 0. The van der Waals surface area contributed by atoms with Crippen LogP contribution in [-0.4, -0.2) is 11.8 Å². The quantitative estimate of drug-likeness (QED) is 0.304. The van der Waals surface area contributed by atoms with E-state index in [4.69, 9.17) is 0 Å². The van der Waals surface area contributed by atoms with E-state index < -0.39 is 11.1 Å². The van der Waals surface area contributed by atoms with Crippen molar-refractivity contribution in [3.63, 3.8) is 0 Å². The zero-order chi connectivity index (χ0) is 24.8. The molecule has 3 aliphatic rings. The van der Waals surface area contributed by atoms with E-state index in [1.54, 1.807) is 0 Å². The first-order chi connectivity index (χ1) is 17.7. The molecule has 36 heavy (non-hydrogen) atoms. The third kappa shape index (κ3) is 2.81. The lowest BCUT2D eigenvalue weighted by atomic mass is 9.61. The molecule has 0 aromatic heterocycles. The van der Waals surface area contributed by atoms with Crippen molar-refractivity contribution in [3.8, 4) is 0 Å². The molecular weight excluding hydrogens is 444 g/mol. The summed E-state index contributed by atoms with van der Waals surface area (Å²) in [7, 11) is 0. The second kappa shape index (κ2) is 8.49. The predicted octanol–water partition coefficient (Wildman–Crippen LogP) is 6.41. The van der Waals surface area contributed by atoms with Gasteiger partial charge in [0.2, 0.25) is 11.8 Å². The van der Waals surface area contributed by atoms with Gasteiger partial charge >= 0.3 is 0 Å². The predicted molar refractivity (Wildman–Crippen MR) is 143 cm³/mol. The lowest BCUT2D eigenvalue weighted by molar-refractivity contribution is -0.141. The van der Waals surface area contributed by atoms with Gasteiger partial charge in [0, 0.05) is 22.5 Å². The molecule has 7 rings (SSSR count). The first-order valence-corrected chi connectivity index (χ1v) is 12.6. The van der Waals surface area contributed by atoms with E-state index in [0.717, 1.165) is 40.9 Å². The molecule has 0 radical (unpaired) electrons. The van der Waals surface area contributed by atoms with Gasteiger partial charge in [0.1, 0.15) is 0 Å². The zero-order valence-corrected chi connectivity index (χ0v) is 20.3. The van der Waals surface area contributed by atoms with E-state index in [2.05, 4.69) is 13.0 Å². The second-order valence-corrected chi connectivity index (χ2v) is 9.54. The molecule has 178 valence electrons. The largest absolute Gasteiger partial charge is 0.279 e. The molecule has 0 saturated carbocycles. The van der Waals surface area contributed by atoms with Gasteiger partial charge < -0.3 is 0 Å².